The van der Waals surface area contributed by atoms with E-state index in [0.29, 0.717) is 48.5 Å². The van der Waals surface area contributed by atoms with Gasteiger partial charge >= 0.3 is 5.69 Å². The van der Waals surface area contributed by atoms with E-state index in [9.17, 15) is 14.9 Å². The molecule has 0 unspecified atom stereocenters. The van der Waals surface area contributed by atoms with E-state index in [1.165, 1.54) is 11.8 Å². The zero-order chi connectivity index (χ0) is 20.8. The van der Waals surface area contributed by atoms with Gasteiger partial charge in [-0.1, -0.05) is 25.6 Å². The summed E-state index contributed by atoms with van der Waals surface area (Å²) in [4.78, 5) is 22.6. The minimum atomic E-state index is -0.401. The summed E-state index contributed by atoms with van der Waals surface area (Å²) in [5, 5.41) is 27.4. The summed E-state index contributed by atoms with van der Waals surface area (Å²) in [6.45, 7) is 11.2. The van der Waals surface area contributed by atoms with Crippen molar-refractivity contribution in [3.05, 3.63) is 27.3 Å². The van der Waals surface area contributed by atoms with Crippen LogP contribution in [0.3, 0.4) is 0 Å². The highest BCUT2D eigenvalue weighted by Gasteiger charge is 2.22. The van der Waals surface area contributed by atoms with E-state index < -0.39 is 4.92 Å². The van der Waals surface area contributed by atoms with Crippen molar-refractivity contribution in [1.29, 1.82) is 0 Å². The molecule has 0 saturated heterocycles. The van der Waals surface area contributed by atoms with Gasteiger partial charge in [-0.2, -0.15) is 5.10 Å². The average molecular weight is 410 g/mol. The summed E-state index contributed by atoms with van der Waals surface area (Å²) in [5.41, 5.74) is 0.991. The summed E-state index contributed by atoms with van der Waals surface area (Å²) >= 11 is 1.35. The van der Waals surface area contributed by atoms with Crippen LogP contribution in [0.5, 0.6) is 0 Å². The van der Waals surface area contributed by atoms with E-state index in [0.717, 1.165) is 5.82 Å². The first-order chi connectivity index (χ1) is 13.2. The molecule has 28 heavy (non-hydrogen) atoms. The maximum absolute atomic E-state index is 11.9. The highest BCUT2D eigenvalue weighted by molar-refractivity contribution is 7.99. The lowest BCUT2D eigenvalue weighted by Gasteiger charge is -2.09. The third kappa shape index (κ3) is 5.31. The van der Waals surface area contributed by atoms with Crippen molar-refractivity contribution in [1.82, 2.24) is 29.9 Å². The number of amides is 1. The number of nitrogens with one attached hydrogen (secondary N) is 1. The minimum Gasteiger partial charge on any atom is -0.355 e. The van der Waals surface area contributed by atoms with E-state index in [-0.39, 0.29) is 17.3 Å². The van der Waals surface area contributed by atoms with Gasteiger partial charge in [0.1, 0.15) is 17.2 Å². The normalized spacial score (nSPS) is 11.2. The van der Waals surface area contributed by atoms with Crippen LogP contribution in [0, 0.1) is 29.9 Å². The molecule has 0 spiro atoms. The Hall–Kier alpha value is -2.43. The molecule has 2 rings (SSSR count). The molecule has 0 aliphatic carbocycles. The third-order valence-electron chi connectivity index (χ3n) is 4.22. The number of nitro groups is 1. The van der Waals surface area contributed by atoms with Crippen molar-refractivity contribution in [2.75, 3.05) is 12.3 Å². The fourth-order valence-corrected chi connectivity index (χ4v) is 3.65. The largest absolute Gasteiger partial charge is 0.355 e. The Kier molecular flexibility index (Phi) is 7.55. The molecule has 11 heteroatoms. The molecule has 1 amide bonds. The molecule has 0 fully saturated rings. The lowest BCUT2D eigenvalue weighted by Crippen LogP contribution is -2.28. The maximum Gasteiger partial charge on any atom is 0.312 e. The Morgan fingerprint density at radius 3 is 2.61 bits per heavy atom. The Labute approximate surface area is 168 Å². The summed E-state index contributed by atoms with van der Waals surface area (Å²) in [7, 11) is 0. The molecule has 10 nitrogen and oxygen atoms in total. The standard InChI is InChI=1S/C17H27N7O3S/c1-6-22-14(7-8-23-13(5)16(24(26)27)12(4)21-23)19-20-17(22)28-10-15(25)18-9-11(2)3/h11H,6-10H2,1-5H3,(H,18,25). The number of hydrogen-bond acceptors (Lipinski definition) is 7. The van der Waals surface area contributed by atoms with Crippen molar-refractivity contribution in [2.24, 2.45) is 5.92 Å². The van der Waals surface area contributed by atoms with Crippen LogP contribution >= 0.6 is 11.8 Å². The fourth-order valence-electron chi connectivity index (χ4n) is 2.80. The van der Waals surface area contributed by atoms with Gasteiger partial charge in [-0.15, -0.1) is 10.2 Å². The number of carbonyl (C=O) groups excluding carboxylic acids is 1. The number of aryl methyl sites for hydroxylation is 3. The zero-order valence-electron chi connectivity index (χ0n) is 16.9. The van der Waals surface area contributed by atoms with Crippen molar-refractivity contribution in [2.45, 2.75) is 59.3 Å². The van der Waals surface area contributed by atoms with Crippen molar-refractivity contribution in [3.8, 4) is 0 Å². The minimum absolute atomic E-state index is 0.0270. The van der Waals surface area contributed by atoms with Gasteiger partial charge < -0.3 is 9.88 Å². The summed E-state index contributed by atoms with van der Waals surface area (Å²) < 4.78 is 3.59. The van der Waals surface area contributed by atoms with Gasteiger partial charge in [0.2, 0.25) is 5.91 Å². The molecule has 0 atom stereocenters. The van der Waals surface area contributed by atoms with Crippen LogP contribution in [0.2, 0.25) is 0 Å². The highest BCUT2D eigenvalue weighted by Crippen LogP contribution is 2.22. The van der Waals surface area contributed by atoms with E-state index in [1.807, 2.05) is 25.3 Å². The van der Waals surface area contributed by atoms with Gasteiger partial charge in [-0.05, 0) is 26.7 Å². The molecule has 0 saturated carbocycles. The number of aromatic nitrogens is 5. The van der Waals surface area contributed by atoms with Crippen LogP contribution in [0.25, 0.3) is 0 Å². The summed E-state index contributed by atoms with van der Waals surface area (Å²) in [6.07, 6.45) is 0.542. The van der Waals surface area contributed by atoms with E-state index >= 15 is 0 Å². The first kappa shape index (κ1) is 21.9. The van der Waals surface area contributed by atoms with Crippen molar-refractivity contribution < 1.29 is 9.72 Å². The zero-order valence-corrected chi connectivity index (χ0v) is 17.7. The number of rotatable bonds is 10. The lowest BCUT2D eigenvalue weighted by molar-refractivity contribution is -0.386. The van der Waals surface area contributed by atoms with Gasteiger partial charge in [0.05, 0.1) is 10.7 Å². The number of thioether (sulfide) groups is 1. The molecule has 0 aliphatic rings. The van der Waals surface area contributed by atoms with E-state index in [1.54, 1.807) is 18.5 Å². The van der Waals surface area contributed by atoms with E-state index in [4.69, 9.17) is 0 Å². The van der Waals surface area contributed by atoms with Crippen molar-refractivity contribution in [3.63, 3.8) is 0 Å². The average Bonchev–Trinajstić information content (AvgIpc) is 3.15. The second-order valence-electron chi connectivity index (χ2n) is 6.88. The molecule has 0 aliphatic heterocycles. The van der Waals surface area contributed by atoms with Gasteiger partial charge in [0, 0.05) is 26.1 Å². The van der Waals surface area contributed by atoms with Crippen molar-refractivity contribution >= 4 is 23.4 Å². The van der Waals surface area contributed by atoms with Crippen LogP contribution in [0.4, 0.5) is 5.69 Å². The van der Waals surface area contributed by atoms with Crippen LogP contribution in [-0.4, -0.2) is 47.7 Å². The van der Waals surface area contributed by atoms with Gasteiger partial charge in [-0.25, -0.2) is 0 Å². The monoisotopic (exact) mass is 409 g/mol. The lowest BCUT2D eigenvalue weighted by atomic mass is 10.2. The molecule has 1 N–H and O–H groups in total. The molecule has 2 aromatic rings. The third-order valence-corrected chi connectivity index (χ3v) is 5.19. The van der Waals surface area contributed by atoms with E-state index in [2.05, 4.69) is 20.6 Å². The Morgan fingerprint density at radius 2 is 2.04 bits per heavy atom. The highest BCUT2D eigenvalue weighted by atomic mass is 32.2. The number of hydrogen-bond donors (Lipinski definition) is 1. The second-order valence-corrected chi connectivity index (χ2v) is 7.82. The number of nitrogens with zero attached hydrogens (tertiary/aromatic N) is 6. The molecular weight excluding hydrogens is 382 g/mol. The topological polar surface area (TPSA) is 121 Å². The van der Waals surface area contributed by atoms with Crippen LogP contribution in [-0.2, 0) is 24.3 Å². The molecule has 0 radical (unpaired) electrons. The summed E-state index contributed by atoms with van der Waals surface area (Å²) in [6, 6.07) is 0. The van der Waals surface area contributed by atoms with Crippen LogP contribution in [0.1, 0.15) is 38.0 Å². The Balaban J connectivity index is 2.01. The van der Waals surface area contributed by atoms with Crippen LogP contribution in [0.15, 0.2) is 5.16 Å². The molecule has 0 aromatic carbocycles. The quantitative estimate of drug-likeness (QED) is 0.362. The van der Waals surface area contributed by atoms with Gasteiger partial charge in [0.25, 0.3) is 0 Å². The number of carbonyl (C=O) groups is 1. The maximum atomic E-state index is 11.9. The summed E-state index contributed by atoms with van der Waals surface area (Å²) in [5.74, 6) is 1.43. The predicted octanol–water partition coefficient (Wildman–Crippen LogP) is 2.13. The first-order valence-corrected chi connectivity index (χ1v) is 10.2. The predicted molar refractivity (Wildman–Crippen MR) is 106 cm³/mol. The first-order valence-electron chi connectivity index (χ1n) is 9.24. The Morgan fingerprint density at radius 1 is 1.32 bits per heavy atom. The van der Waals surface area contributed by atoms with Crippen LogP contribution < -0.4 is 5.32 Å². The molecule has 2 heterocycles. The molecule has 2 aromatic heterocycles. The Bertz CT molecular complexity index is 844. The van der Waals surface area contributed by atoms with Gasteiger partial charge in [-0.3, -0.25) is 19.6 Å². The molecule has 0 bridgehead atoms. The smallest absolute Gasteiger partial charge is 0.312 e. The van der Waals surface area contributed by atoms with Gasteiger partial charge in [0.15, 0.2) is 5.16 Å². The second kappa shape index (κ2) is 9.67. The molecular formula is C17H27N7O3S. The molecule has 154 valence electrons. The fraction of sp³-hybridized carbons (Fsp3) is 0.647. The SMILES string of the molecule is CCn1c(CCn2nc(C)c([N+](=O)[O-])c2C)nnc1SCC(=O)NCC(C)C.